The Labute approximate surface area is 103 Å². The molecule has 0 N–H and O–H groups in total. The van der Waals surface area contributed by atoms with E-state index in [4.69, 9.17) is 0 Å². The molecule has 0 bridgehead atoms. The fraction of sp³-hybridized carbons (Fsp3) is 0.538. The van der Waals surface area contributed by atoms with Crippen LogP contribution in [0.15, 0.2) is 30.3 Å². The van der Waals surface area contributed by atoms with E-state index < -0.39 is 0 Å². The van der Waals surface area contributed by atoms with Crippen molar-refractivity contribution in [2.45, 2.75) is 31.4 Å². The van der Waals surface area contributed by atoms with E-state index in [9.17, 15) is 0 Å². The molecule has 0 spiro atoms. The molecule has 0 saturated carbocycles. The minimum atomic E-state index is 0.591. The van der Waals surface area contributed by atoms with Crippen LogP contribution in [-0.4, -0.2) is 16.8 Å². The van der Waals surface area contributed by atoms with Crippen LogP contribution < -0.4 is 0 Å². The zero-order valence-electron chi connectivity index (χ0n) is 9.52. The summed E-state index contributed by atoms with van der Waals surface area (Å²) in [6.45, 7) is 4.54. The van der Waals surface area contributed by atoms with Crippen molar-refractivity contribution >= 4 is 24.4 Å². The average molecular weight is 240 g/mol. The Morgan fingerprint density at radius 1 is 1.27 bits per heavy atom. The van der Waals surface area contributed by atoms with Gasteiger partial charge in [0.05, 0.1) is 0 Å². The molecule has 0 saturated heterocycles. The molecule has 2 heteroatoms. The maximum absolute atomic E-state index is 4.45. The van der Waals surface area contributed by atoms with Gasteiger partial charge in [-0.1, -0.05) is 44.2 Å². The van der Waals surface area contributed by atoms with Crippen LogP contribution in [0.1, 0.15) is 31.7 Å². The second kappa shape index (κ2) is 7.24. The van der Waals surface area contributed by atoms with Crippen molar-refractivity contribution in [2.75, 3.05) is 11.5 Å². The molecule has 1 aromatic carbocycles. The van der Waals surface area contributed by atoms with E-state index in [1.165, 1.54) is 17.7 Å². The van der Waals surface area contributed by atoms with Crippen LogP contribution in [0.2, 0.25) is 0 Å². The second-order valence-corrected chi connectivity index (χ2v) is 5.68. The van der Waals surface area contributed by atoms with Gasteiger partial charge in [-0.3, -0.25) is 0 Å². The van der Waals surface area contributed by atoms with Crippen molar-refractivity contribution in [1.29, 1.82) is 0 Å². The lowest BCUT2D eigenvalue weighted by atomic mass is 10.0. The van der Waals surface area contributed by atoms with Crippen molar-refractivity contribution < 1.29 is 0 Å². The SMILES string of the molecule is CCC(C)SCC(CS)c1ccccc1. The van der Waals surface area contributed by atoms with Gasteiger partial charge in [0.25, 0.3) is 0 Å². The lowest BCUT2D eigenvalue weighted by Crippen LogP contribution is -2.06. The molecule has 0 amide bonds. The van der Waals surface area contributed by atoms with Crippen LogP contribution in [0.4, 0.5) is 0 Å². The first kappa shape index (κ1) is 13.0. The third-order valence-electron chi connectivity index (χ3n) is 2.65. The van der Waals surface area contributed by atoms with Crippen molar-refractivity contribution in [1.82, 2.24) is 0 Å². The van der Waals surface area contributed by atoms with Crippen LogP contribution in [0.5, 0.6) is 0 Å². The number of hydrogen-bond acceptors (Lipinski definition) is 2. The lowest BCUT2D eigenvalue weighted by molar-refractivity contribution is 0.869. The molecule has 1 aromatic rings. The highest BCUT2D eigenvalue weighted by Crippen LogP contribution is 2.25. The molecule has 0 aromatic heterocycles. The van der Waals surface area contributed by atoms with Gasteiger partial charge in [0.1, 0.15) is 0 Å². The van der Waals surface area contributed by atoms with Crippen molar-refractivity contribution in [3.63, 3.8) is 0 Å². The fourth-order valence-electron chi connectivity index (χ4n) is 1.38. The first-order valence-corrected chi connectivity index (χ1v) is 7.23. The van der Waals surface area contributed by atoms with Crippen LogP contribution in [0.25, 0.3) is 0 Å². The summed E-state index contributed by atoms with van der Waals surface area (Å²) in [5.74, 6) is 2.71. The number of thioether (sulfide) groups is 1. The quantitative estimate of drug-likeness (QED) is 0.726. The monoisotopic (exact) mass is 240 g/mol. The molecule has 0 fully saturated rings. The molecule has 0 heterocycles. The summed E-state index contributed by atoms with van der Waals surface area (Å²) in [5, 5.41) is 0.760. The van der Waals surface area contributed by atoms with E-state index in [2.05, 4.69) is 68.6 Å². The Morgan fingerprint density at radius 3 is 2.47 bits per heavy atom. The minimum absolute atomic E-state index is 0.591. The summed E-state index contributed by atoms with van der Waals surface area (Å²) >= 11 is 6.50. The van der Waals surface area contributed by atoms with E-state index in [-0.39, 0.29) is 0 Å². The van der Waals surface area contributed by atoms with E-state index in [1.54, 1.807) is 0 Å². The molecule has 0 nitrogen and oxygen atoms in total. The van der Waals surface area contributed by atoms with Crippen molar-refractivity contribution in [3.8, 4) is 0 Å². The van der Waals surface area contributed by atoms with E-state index in [0.717, 1.165) is 11.0 Å². The third-order valence-corrected chi connectivity index (χ3v) is 4.59. The van der Waals surface area contributed by atoms with E-state index >= 15 is 0 Å². The smallest absolute Gasteiger partial charge is 0.00173 e. The zero-order valence-corrected chi connectivity index (χ0v) is 11.2. The largest absolute Gasteiger partial charge is 0.179 e. The first-order valence-electron chi connectivity index (χ1n) is 5.55. The van der Waals surface area contributed by atoms with Gasteiger partial charge in [0.15, 0.2) is 0 Å². The van der Waals surface area contributed by atoms with Crippen LogP contribution in [0, 0.1) is 0 Å². The highest BCUT2D eigenvalue weighted by molar-refractivity contribution is 7.99. The molecule has 1 rings (SSSR count). The van der Waals surface area contributed by atoms with Crippen LogP contribution in [-0.2, 0) is 0 Å². The summed E-state index contributed by atoms with van der Waals surface area (Å²) in [6.07, 6.45) is 1.25. The predicted octanol–water partition coefficient (Wildman–Crippen LogP) is 4.23. The van der Waals surface area contributed by atoms with Crippen molar-refractivity contribution in [2.24, 2.45) is 0 Å². The predicted molar refractivity (Wildman–Crippen MR) is 75.2 cm³/mol. The van der Waals surface area contributed by atoms with Gasteiger partial charge >= 0.3 is 0 Å². The Hall–Kier alpha value is -0.0800. The van der Waals surface area contributed by atoms with Gasteiger partial charge in [-0.25, -0.2) is 0 Å². The molecule has 0 aliphatic carbocycles. The molecule has 2 atom stereocenters. The maximum atomic E-state index is 4.45. The summed E-state index contributed by atoms with van der Waals surface area (Å²) in [4.78, 5) is 0. The van der Waals surface area contributed by atoms with Gasteiger partial charge in [0, 0.05) is 16.9 Å². The Morgan fingerprint density at radius 2 is 1.93 bits per heavy atom. The van der Waals surface area contributed by atoms with Crippen LogP contribution in [0.3, 0.4) is 0 Å². The Kier molecular flexibility index (Phi) is 6.26. The summed E-state index contributed by atoms with van der Waals surface area (Å²) in [5.41, 5.74) is 1.42. The van der Waals surface area contributed by atoms with Gasteiger partial charge < -0.3 is 0 Å². The average Bonchev–Trinajstić information content (AvgIpc) is 2.31. The minimum Gasteiger partial charge on any atom is -0.179 e. The number of rotatable bonds is 6. The fourth-order valence-corrected chi connectivity index (χ4v) is 3.00. The van der Waals surface area contributed by atoms with E-state index in [0.29, 0.717) is 5.92 Å². The Balaban J connectivity index is 2.50. The summed E-state index contributed by atoms with van der Waals surface area (Å²) in [6, 6.07) is 10.7. The first-order chi connectivity index (χ1) is 7.27. The molecule has 0 aliphatic rings. The topological polar surface area (TPSA) is 0 Å². The zero-order chi connectivity index (χ0) is 11.1. The van der Waals surface area contributed by atoms with E-state index in [1.807, 2.05) is 0 Å². The standard InChI is InChI=1S/C13H20S2/c1-3-11(2)15-10-13(9-14)12-7-5-4-6-8-12/h4-8,11,13-14H,3,9-10H2,1-2H3. The van der Waals surface area contributed by atoms with Gasteiger partial charge in [-0.15, -0.1) is 0 Å². The molecule has 0 aliphatic heterocycles. The number of hydrogen-bond donors (Lipinski definition) is 1. The molecule has 0 radical (unpaired) electrons. The van der Waals surface area contributed by atoms with Crippen LogP contribution >= 0.6 is 24.4 Å². The van der Waals surface area contributed by atoms with Gasteiger partial charge in [-0.05, 0) is 17.7 Å². The number of thiol groups is 1. The number of benzene rings is 1. The molecule has 15 heavy (non-hydrogen) atoms. The Bertz CT molecular complexity index is 258. The normalized spacial score (nSPS) is 14.9. The third kappa shape index (κ3) is 4.52. The van der Waals surface area contributed by atoms with Crippen molar-refractivity contribution in [3.05, 3.63) is 35.9 Å². The molecule has 2 unspecified atom stereocenters. The van der Waals surface area contributed by atoms with Gasteiger partial charge in [0.2, 0.25) is 0 Å². The second-order valence-electron chi connectivity index (χ2n) is 3.84. The summed E-state index contributed by atoms with van der Waals surface area (Å²) in [7, 11) is 0. The molecular weight excluding hydrogens is 220 g/mol. The highest BCUT2D eigenvalue weighted by Gasteiger charge is 2.10. The van der Waals surface area contributed by atoms with Gasteiger partial charge in [-0.2, -0.15) is 24.4 Å². The lowest BCUT2D eigenvalue weighted by Gasteiger charge is -2.16. The maximum Gasteiger partial charge on any atom is 0.00173 e. The highest BCUT2D eigenvalue weighted by atomic mass is 32.2. The summed E-state index contributed by atoms with van der Waals surface area (Å²) < 4.78 is 0. The molecule has 84 valence electrons. The molecular formula is C13H20S2.